The molecule has 0 bridgehead atoms. The number of nitrogens with one attached hydrogen (secondary N) is 1. The summed E-state index contributed by atoms with van der Waals surface area (Å²) in [4.78, 5) is 25.1. The van der Waals surface area contributed by atoms with Crippen molar-refractivity contribution in [3.63, 3.8) is 0 Å². The van der Waals surface area contributed by atoms with Gasteiger partial charge in [0.15, 0.2) is 0 Å². The maximum Gasteiger partial charge on any atom is 0.275 e. The minimum absolute atomic E-state index is 0.0507. The fourth-order valence-corrected chi connectivity index (χ4v) is 3.49. The Labute approximate surface area is 160 Å². The average Bonchev–Trinajstić information content (AvgIpc) is 3.17. The minimum atomic E-state index is -0.121. The zero-order valence-electron chi connectivity index (χ0n) is 14.6. The number of carbonyl (C=O) groups excluding carboxylic acids is 1. The van der Waals surface area contributed by atoms with Gasteiger partial charge in [0.05, 0.1) is 21.7 Å². The Morgan fingerprint density at radius 3 is 2.44 bits per heavy atom. The molecule has 0 saturated carbocycles. The second-order valence-electron chi connectivity index (χ2n) is 6.34. The highest BCUT2D eigenvalue weighted by molar-refractivity contribution is 6.33. The fraction of sp³-hybridized carbons (Fsp3) is 0.143. The number of benzene rings is 2. The van der Waals surface area contributed by atoms with Crippen molar-refractivity contribution in [3.05, 3.63) is 82.2 Å². The number of para-hydroxylation sites is 3. The molecule has 0 fully saturated rings. The number of hydrogen-bond donors (Lipinski definition) is 1. The van der Waals surface area contributed by atoms with Gasteiger partial charge in [0.25, 0.3) is 5.56 Å². The number of amides is 1. The van der Waals surface area contributed by atoms with Gasteiger partial charge >= 0.3 is 0 Å². The first-order valence-corrected chi connectivity index (χ1v) is 9.16. The third kappa shape index (κ3) is 3.34. The summed E-state index contributed by atoms with van der Waals surface area (Å²) in [7, 11) is 0. The first-order valence-electron chi connectivity index (χ1n) is 8.78. The Morgan fingerprint density at radius 1 is 0.926 bits per heavy atom. The normalized spacial score (nSPS) is 11.1. The molecule has 0 spiro atoms. The molecule has 0 aliphatic carbocycles. The second-order valence-corrected chi connectivity index (χ2v) is 6.75. The van der Waals surface area contributed by atoms with E-state index in [1.807, 2.05) is 59.1 Å². The Hall–Kier alpha value is -3.05. The number of fused-ring (bicyclic) bond motifs is 3. The van der Waals surface area contributed by atoms with E-state index in [9.17, 15) is 9.59 Å². The SMILES string of the molecule is O=C(CCCn1c(=O)c2cccn2c2ccccc21)Nc1ccccc1Cl. The van der Waals surface area contributed by atoms with Crippen molar-refractivity contribution in [2.24, 2.45) is 0 Å². The van der Waals surface area contributed by atoms with Crippen LogP contribution in [-0.2, 0) is 11.3 Å². The standard InChI is InChI=1S/C21H18ClN3O2/c22-15-7-1-2-8-16(15)23-20(26)12-6-14-25-18-10-4-3-9-17(18)24-13-5-11-19(24)21(25)27/h1-5,7-11,13H,6,12,14H2,(H,23,26). The van der Waals surface area contributed by atoms with E-state index in [-0.39, 0.29) is 11.5 Å². The highest BCUT2D eigenvalue weighted by Gasteiger charge is 2.11. The summed E-state index contributed by atoms with van der Waals surface area (Å²) in [5.74, 6) is -0.121. The van der Waals surface area contributed by atoms with Crippen molar-refractivity contribution in [2.75, 3.05) is 5.32 Å². The van der Waals surface area contributed by atoms with Crippen LogP contribution in [0.5, 0.6) is 0 Å². The Morgan fingerprint density at radius 2 is 1.63 bits per heavy atom. The molecule has 0 aliphatic heterocycles. The van der Waals surface area contributed by atoms with Crippen LogP contribution >= 0.6 is 11.6 Å². The lowest BCUT2D eigenvalue weighted by atomic mass is 10.2. The van der Waals surface area contributed by atoms with E-state index >= 15 is 0 Å². The number of rotatable bonds is 5. The molecule has 0 aliphatic rings. The molecule has 6 heteroatoms. The Bertz CT molecular complexity index is 1190. The summed E-state index contributed by atoms with van der Waals surface area (Å²) in [5, 5.41) is 3.32. The molecule has 1 amide bonds. The predicted molar refractivity (Wildman–Crippen MR) is 108 cm³/mol. The molecule has 4 rings (SSSR count). The van der Waals surface area contributed by atoms with E-state index in [4.69, 9.17) is 11.6 Å². The summed E-state index contributed by atoms with van der Waals surface area (Å²) in [5.41, 5.74) is 3.01. The monoisotopic (exact) mass is 379 g/mol. The number of halogens is 1. The predicted octanol–water partition coefficient (Wildman–Crippen LogP) is 4.33. The van der Waals surface area contributed by atoms with Gasteiger partial charge in [-0.25, -0.2) is 0 Å². The first-order chi connectivity index (χ1) is 13.1. The topological polar surface area (TPSA) is 55.5 Å². The van der Waals surface area contributed by atoms with Crippen LogP contribution in [0.25, 0.3) is 16.6 Å². The summed E-state index contributed by atoms with van der Waals surface area (Å²) in [6, 6.07) is 18.6. The van der Waals surface area contributed by atoms with Crippen molar-refractivity contribution in [1.29, 1.82) is 0 Å². The zero-order valence-corrected chi connectivity index (χ0v) is 15.3. The van der Waals surface area contributed by atoms with E-state index in [0.29, 0.717) is 35.6 Å². The molecule has 2 heterocycles. The number of anilines is 1. The van der Waals surface area contributed by atoms with Crippen LogP contribution in [0.2, 0.25) is 5.02 Å². The van der Waals surface area contributed by atoms with Gasteiger partial charge in [-0.3, -0.25) is 9.59 Å². The van der Waals surface area contributed by atoms with Gasteiger partial charge < -0.3 is 14.3 Å². The van der Waals surface area contributed by atoms with Crippen LogP contribution in [-0.4, -0.2) is 14.9 Å². The van der Waals surface area contributed by atoms with Gasteiger partial charge in [0.1, 0.15) is 5.52 Å². The summed E-state index contributed by atoms with van der Waals surface area (Å²) < 4.78 is 3.64. The van der Waals surface area contributed by atoms with Gasteiger partial charge in [-0.05, 0) is 42.8 Å². The molecule has 0 unspecified atom stereocenters. The molecule has 1 N–H and O–H groups in total. The number of nitrogens with zero attached hydrogens (tertiary/aromatic N) is 2. The lowest BCUT2D eigenvalue weighted by Crippen LogP contribution is -2.23. The van der Waals surface area contributed by atoms with Crippen molar-refractivity contribution in [3.8, 4) is 0 Å². The van der Waals surface area contributed by atoms with Crippen molar-refractivity contribution >= 4 is 39.7 Å². The van der Waals surface area contributed by atoms with Crippen molar-refractivity contribution < 1.29 is 4.79 Å². The molecule has 0 radical (unpaired) electrons. The van der Waals surface area contributed by atoms with Crippen LogP contribution in [0, 0.1) is 0 Å². The summed E-state index contributed by atoms with van der Waals surface area (Å²) >= 11 is 6.07. The maximum absolute atomic E-state index is 12.8. The van der Waals surface area contributed by atoms with E-state index in [0.717, 1.165) is 11.0 Å². The van der Waals surface area contributed by atoms with Crippen molar-refractivity contribution in [2.45, 2.75) is 19.4 Å². The lowest BCUT2D eigenvalue weighted by Gasteiger charge is -2.12. The lowest BCUT2D eigenvalue weighted by molar-refractivity contribution is -0.116. The van der Waals surface area contributed by atoms with Gasteiger partial charge in [0, 0.05) is 19.2 Å². The van der Waals surface area contributed by atoms with Crippen LogP contribution in [0.1, 0.15) is 12.8 Å². The highest BCUT2D eigenvalue weighted by atomic mass is 35.5. The first kappa shape index (κ1) is 17.4. The van der Waals surface area contributed by atoms with E-state index in [1.165, 1.54) is 0 Å². The van der Waals surface area contributed by atoms with Crippen LogP contribution in [0.4, 0.5) is 5.69 Å². The molecule has 136 valence electrons. The zero-order chi connectivity index (χ0) is 18.8. The molecule has 5 nitrogen and oxygen atoms in total. The average molecular weight is 380 g/mol. The third-order valence-electron chi connectivity index (χ3n) is 4.58. The van der Waals surface area contributed by atoms with Gasteiger partial charge in [0.2, 0.25) is 5.91 Å². The molecule has 27 heavy (non-hydrogen) atoms. The number of aryl methyl sites for hydroxylation is 1. The smallest absolute Gasteiger partial charge is 0.275 e. The maximum atomic E-state index is 12.8. The number of carbonyl (C=O) groups is 1. The minimum Gasteiger partial charge on any atom is -0.325 e. The van der Waals surface area contributed by atoms with Gasteiger partial charge in [-0.15, -0.1) is 0 Å². The van der Waals surface area contributed by atoms with E-state index in [1.54, 1.807) is 16.7 Å². The van der Waals surface area contributed by atoms with Crippen LogP contribution < -0.4 is 10.9 Å². The van der Waals surface area contributed by atoms with E-state index < -0.39 is 0 Å². The largest absolute Gasteiger partial charge is 0.325 e. The second kappa shape index (κ2) is 7.29. The fourth-order valence-electron chi connectivity index (χ4n) is 3.30. The quantitative estimate of drug-likeness (QED) is 0.561. The molecule has 2 aromatic carbocycles. The van der Waals surface area contributed by atoms with Gasteiger partial charge in [-0.1, -0.05) is 35.9 Å². The van der Waals surface area contributed by atoms with E-state index in [2.05, 4.69) is 5.32 Å². The summed E-state index contributed by atoms with van der Waals surface area (Å²) in [6.07, 6.45) is 2.75. The van der Waals surface area contributed by atoms with Crippen LogP contribution in [0.15, 0.2) is 71.7 Å². The van der Waals surface area contributed by atoms with Crippen LogP contribution in [0.3, 0.4) is 0 Å². The van der Waals surface area contributed by atoms with Crippen molar-refractivity contribution in [1.82, 2.24) is 8.97 Å². The molecular weight excluding hydrogens is 362 g/mol. The molecule has 4 aromatic rings. The van der Waals surface area contributed by atoms with Gasteiger partial charge in [-0.2, -0.15) is 0 Å². The third-order valence-corrected chi connectivity index (χ3v) is 4.91. The molecular formula is C21H18ClN3O2. The molecule has 2 aromatic heterocycles. The Kier molecular flexibility index (Phi) is 4.69. The number of aromatic nitrogens is 2. The Balaban J connectivity index is 1.53. The number of hydrogen-bond acceptors (Lipinski definition) is 2. The molecule has 0 saturated heterocycles. The highest BCUT2D eigenvalue weighted by Crippen LogP contribution is 2.21. The molecule has 0 atom stereocenters. The summed E-state index contributed by atoms with van der Waals surface area (Å²) in [6.45, 7) is 0.469.